The maximum absolute atomic E-state index is 11.5. The second-order valence-electron chi connectivity index (χ2n) is 6.69. The largest absolute Gasteiger partial charge is 0.497 e. The van der Waals surface area contributed by atoms with Gasteiger partial charge in [-0.15, -0.1) is 24.0 Å². The molecule has 8 nitrogen and oxygen atoms in total. The van der Waals surface area contributed by atoms with E-state index in [9.17, 15) is 8.42 Å². The third-order valence-electron chi connectivity index (χ3n) is 3.63. The molecule has 0 aromatic heterocycles. The highest BCUT2D eigenvalue weighted by atomic mass is 127. The van der Waals surface area contributed by atoms with Crippen LogP contribution in [0.4, 0.5) is 0 Å². The van der Waals surface area contributed by atoms with Gasteiger partial charge in [0.25, 0.3) is 0 Å². The first-order valence-electron chi connectivity index (χ1n) is 8.13. The molecule has 0 atom stereocenters. The number of halogens is 1. The Morgan fingerprint density at radius 1 is 1.26 bits per heavy atom. The zero-order valence-corrected chi connectivity index (χ0v) is 20.1. The van der Waals surface area contributed by atoms with Crippen molar-refractivity contribution in [3.63, 3.8) is 0 Å². The molecule has 0 aliphatic heterocycles. The van der Waals surface area contributed by atoms with Gasteiger partial charge < -0.3 is 19.7 Å². The molecule has 0 spiro atoms. The van der Waals surface area contributed by atoms with E-state index in [0.717, 1.165) is 23.3 Å². The minimum absolute atomic E-state index is 0. The van der Waals surface area contributed by atoms with Gasteiger partial charge in [0, 0.05) is 44.4 Å². The van der Waals surface area contributed by atoms with Gasteiger partial charge in [-0.25, -0.2) is 13.1 Å². The van der Waals surface area contributed by atoms with Gasteiger partial charge in [-0.3, -0.25) is 4.99 Å². The van der Waals surface area contributed by atoms with Gasteiger partial charge in [0.2, 0.25) is 10.0 Å². The molecule has 27 heavy (non-hydrogen) atoms. The molecule has 0 radical (unpaired) electrons. The van der Waals surface area contributed by atoms with E-state index in [1.165, 1.54) is 0 Å². The summed E-state index contributed by atoms with van der Waals surface area (Å²) in [6.07, 6.45) is 1.14. The maximum atomic E-state index is 11.5. The molecule has 0 amide bonds. The third-order valence-corrected chi connectivity index (χ3v) is 4.55. The van der Waals surface area contributed by atoms with Crippen molar-refractivity contribution in [3.8, 4) is 11.5 Å². The lowest BCUT2D eigenvalue weighted by molar-refractivity contribution is 0.380. The molecule has 0 heterocycles. The minimum Gasteiger partial charge on any atom is -0.497 e. The number of nitrogens with one attached hydrogen (secondary N) is 2. The lowest BCUT2D eigenvalue weighted by atomic mass is 10.1. The quantitative estimate of drug-likeness (QED) is 0.312. The Labute approximate surface area is 179 Å². The van der Waals surface area contributed by atoms with Crippen LogP contribution in [-0.2, 0) is 16.6 Å². The average Bonchev–Trinajstić information content (AvgIpc) is 2.53. The standard InChI is InChI=1S/C17H30N4O4S.HI/c1-17(2,20-26(7,22)23)12-19-16(18-3)21(4)11-13-8-9-14(24-5)10-15(13)25-6;/h8-10,20H,11-12H2,1-7H3,(H,18,19);1H. The summed E-state index contributed by atoms with van der Waals surface area (Å²) >= 11 is 0. The lowest BCUT2D eigenvalue weighted by Gasteiger charge is -2.29. The van der Waals surface area contributed by atoms with Crippen LogP contribution in [0.2, 0.25) is 0 Å². The molecule has 0 fully saturated rings. The molecule has 2 N–H and O–H groups in total. The Bertz CT molecular complexity index is 738. The van der Waals surface area contributed by atoms with Crippen molar-refractivity contribution < 1.29 is 17.9 Å². The molecule has 1 aromatic rings. The topological polar surface area (TPSA) is 92.3 Å². The van der Waals surface area contributed by atoms with Crippen molar-refractivity contribution in [1.82, 2.24) is 14.9 Å². The predicted octanol–water partition coefficient (Wildman–Crippen LogP) is 1.66. The molecule has 0 saturated carbocycles. The summed E-state index contributed by atoms with van der Waals surface area (Å²) in [5, 5.41) is 3.20. The Morgan fingerprint density at radius 3 is 2.37 bits per heavy atom. The number of guanidine groups is 1. The molecule has 0 bridgehead atoms. The monoisotopic (exact) mass is 514 g/mol. The van der Waals surface area contributed by atoms with Gasteiger partial charge in [0.05, 0.1) is 20.5 Å². The number of rotatable bonds is 8. The first-order chi connectivity index (χ1) is 12.0. The van der Waals surface area contributed by atoms with Crippen LogP contribution < -0.4 is 19.5 Å². The highest BCUT2D eigenvalue weighted by Crippen LogP contribution is 2.25. The smallest absolute Gasteiger partial charge is 0.209 e. The van der Waals surface area contributed by atoms with Crippen molar-refractivity contribution in [2.24, 2.45) is 4.99 Å². The molecule has 10 heteroatoms. The van der Waals surface area contributed by atoms with Gasteiger partial charge in [-0.05, 0) is 26.0 Å². The second-order valence-corrected chi connectivity index (χ2v) is 8.44. The number of benzene rings is 1. The molecule has 0 aliphatic rings. The number of methoxy groups -OCH3 is 2. The fourth-order valence-electron chi connectivity index (χ4n) is 2.54. The van der Waals surface area contributed by atoms with Gasteiger partial charge in [-0.1, -0.05) is 0 Å². The maximum Gasteiger partial charge on any atom is 0.209 e. The lowest BCUT2D eigenvalue weighted by Crippen LogP contribution is -2.53. The van der Waals surface area contributed by atoms with Crippen molar-refractivity contribution in [2.45, 2.75) is 25.9 Å². The van der Waals surface area contributed by atoms with Crippen LogP contribution >= 0.6 is 24.0 Å². The van der Waals surface area contributed by atoms with E-state index in [1.807, 2.05) is 30.1 Å². The van der Waals surface area contributed by atoms with Crippen LogP contribution in [0.25, 0.3) is 0 Å². The van der Waals surface area contributed by atoms with E-state index in [2.05, 4.69) is 15.0 Å². The zero-order chi connectivity index (χ0) is 20.0. The average molecular weight is 514 g/mol. The second kappa shape index (κ2) is 10.9. The molecular formula is C17H31IN4O4S. The summed E-state index contributed by atoms with van der Waals surface area (Å²) in [6.45, 7) is 4.56. The fraction of sp³-hybridized carbons (Fsp3) is 0.588. The summed E-state index contributed by atoms with van der Waals surface area (Å²) < 4.78 is 36.2. The van der Waals surface area contributed by atoms with E-state index >= 15 is 0 Å². The van der Waals surface area contributed by atoms with Gasteiger partial charge in [0.15, 0.2) is 5.96 Å². The highest BCUT2D eigenvalue weighted by molar-refractivity contribution is 14.0. The van der Waals surface area contributed by atoms with E-state index in [4.69, 9.17) is 9.47 Å². The summed E-state index contributed by atoms with van der Waals surface area (Å²) in [5.41, 5.74) is 0.328. The number of aliphatic imine (C=N–C) groups is 1. The fourth-order valence-corrected chi connectivity index (χ4v) is 3.61. The first kappa shape index (κ1) is 25.7. The molecule has 156 valence electrons. The van der Waals surface area contributed by atoms with Crippen LogP contribution in [-0.4, -0.2) is 65.9 Å². The van der Waals surface area contributed by atoms with Crippen molar-refractivity contribution in [2.75, 3.05) is 41.1 Å². The summed E-state index contributed by atoms with van der Waals surface area (Å²) in [4.78, 5) is 6.19. The van der Waals surface area contributed by atoms with E-state index in [1.54, 1.807) is 35.1 Å². The van der Waals surface area contributed by atoms with Gasteiger partial charge in [-0.2, -0.15) is 0 Å². The van der Waals surface area contributed by atoms with E-state index in [-0.39, 0.29) is 24.0 Å². The summed E-state index contributed by atoms with van der Waals surface area (Å²) in [5.74, 6) is 2.10. The van der Waals surface area contributed by atoms with Crippen molar-refractivity contribution in [1.29, 1.82) is 0 Å². The summed E-state index contributed by atoms with van der Waals surface area (Å²) in [7, 11) is 3.51. The van der Waals surface area contributed by atoms with Crippen LogP contribution in [0.3, 0.4) is 0 Å². The van der Waals surface area contributed by atoms with Gasteiger partial charge in [0.1, 0.15) is 11.5 Å². The van der Waals surface area contributed by atoms with E-state index < -0.39 is 15.6 Å². The SMILES string of the molecule is CN=C(NCC(C)(C)NS(C)(=O)=O)N(C)Cc1ccc(OC)cc1OC.I. The normalized spacial score (nSPS) is 12.2. The Kier molecular flexibility index (Phi) is 10.4. The first-order valence-corrected chi connectivity index (χ1v) is 10.0. The number of ether oxygens (including phenoxy) is 2. The molecular weight excluding hydrogens is 483 g/mol. The highest BCUT2D eigenvalue weighted by Gasteiger charge is 2.23. The van der Waals surface area contributed by atoms with E-state index in [0.29, 0.717) is 19.0 Å². The predicted molar refractivity (Wildman–Crippen MR) is 120 cm³/mol. The summed E-state index contributed by atoms with van der Waals surface area (Å²) in [6, 6.07) is 5.65. The number of nitrogens with zero attached hydrogens (tertiary/aromatic N) is 2. The Morgan fingerprint density at radius 2 is 1.89 bits per heavy atom. The van der Waals surface area contributed by atoms with Gasteiger partial charge >= 0.3 is 0 Å². The molecule has 0 aliphatic carbocycles. The Balaban J connectivity index is 0.00000676. The number of sulfonamides is 1. The van der Waals surface area contributed by atoms with Crippen LogP contribution in [0.15, 0.2) is 23.2 Å². The van der Waals surface area contributed by atoms with Crippen molar-refractivity contribution in [3.05, 3.63) is 23.8 Å². The molecule has 0 saturated heterocycles. The van der Waals surface area contributed by atoms with Crippen LogP contribution in [0.1, 0.15) is 19.4 Å². The third kappa shape index (κ3) is 8.98. The number of hydrogen-bond donors (Lipinski definition) is 2. The number of hydrogen-bond acceptors (Lipinski definition) is 5. The molecule has 0 unspecified atom stereocenters. The molecule has 1 aromatic carbocycles. The Hall–Kier alpha value is -1.27. The minimum atomic E-state index is -3.29. The van der Waals surface area contributed by atoms with Crippen LogP contribution in [0.5, 0.6) is 11.5 Å². The zero-order valence-electron chi connectivity index (χ0n) is 17.0. The van der Waals surface area contributed by atoms with Crippen molar-refractivity contribution >= 4 is 40.0 Å². The van der Waals surface area contributed by atoms with Crippen LogP contribution in [0, 0.1) is 0 Å². The molecule has 1 rings (SSSR count).